The lowest BCUT2D eigenvalue weighted by Crippen LogP contribution is -2.54. The molecular formula is C28H40N4O4S. The molecule has 37 heavy (non-hydrogen) atoms. The number of hydrogen-bond acceptors (Lipinski definition) is 7. The summed E-state index contributed by atoms with van der Waals surface area (Å²) in [5.41, 5.74) is 8.51. The molecule has 1 saturated heterocycles. The number of rotatable bonds is 12. The number of nitrogens with one attached hydrogen (secondary N) is 3. The van der Waals surface area contributed by atoms with Gasteiger partial charge in [0, 0.05) is 11.5 Å². The summed E-state index contributed by atoms with van der Waals surface area (Å²) in [5.74, 6) is 0.357. The lowest BCUT2D eigenvalue weighted by atomic mass is 9.96. The highest BCUT2D eigenvalue weighted by Crippen LogP contribution is 2.24. The predicted octanol–water partition coefficient (Wildman–Crippen LogP) is 2.91. The van der Waals surface area contributed by atoms with E-state index in [0.717, 1.165) is 29.8 Å². The average Bonchev–Trinajstić information content (AvgIpc) is 3.27. The SMILES string of the molecule is CCOc1ccc(-c2ccc(C(=O)N[C@@H](CC(C)C)C(=O)N[C@@H](C[C@@H]3CCN[C@@H]3O)C(N)S)cc2)cc1. The van der Waals surface area contributed by atoms with Crippen molar-refractivity contribution in [2.45, 2.75) is 63.7 Å². The number of carbonyl (C=O) groups is 2. The molecule has 1 fully saturated rings. The highest BCUT2D eigenvalue weighted by atomic mass is 32.1. The number of amides is 2. The molecule has 2 aromatic carbocycles. The largest absolute Gasteiger partial charge is 0.494 e. The van der Waals surface area contributed by atoms with E-state index in [1.54, 1.807) is 12.1 Å². The third-order valence-corrected chi connectivity index (χ3v) is 6.95. The van der Waals surface area contributed by atoms with Crippen LogP contribution in [0.15, 0.2) is 48.5 Å². The minimum Gasteiger partial charge on any atom is -0.494 e. The molecule has 3 rings (SSSR count). The van der Waals surface area contributed by atoms with Crippen LogP contribution in [-0.2, 0) is 4.79 Å². The van der Waals surface area contributed by atoms with Crippen LogP contribution in [-0.4, -0.2) is 53.8 Å². The van der Waals surface area contributed by atoms with Crippen molar-refractivity contribution in [1.82, 2.24) is 16.0 Å². The van der Waals surface area contributed by atoms with E-state index in [-0.39, 0.29) is 23.7 Å². The highest BCUT2D eigenvalue weighted by molar-refractivity contribution is 7.80. The molecule has 0 aromatic heterocycles. The molecule has 0 aliphatic carbocycles. The van der Waals surface area contributed by atoms with E-state index in [0.29, 0.717) is 25.0 Å². The summed E-state index contributed by atoms with van der Waals surface area (Å²) >= 11 is 4.36. The third-order valence-electron chi connectivity index (χ3n) is 6.59. The molecule has 202 valence electrons. The van der Waals surface area contributed by atoms with Crippen molar-refractivity contribution in [2.24, 2.45) is 17.6 Å². The van der Waals surface area contributed by atoms with Crippen LogP contribution in [0.2, 0.25) is 0 Å². The van der Waals surface area contributed by atoms with E-state index in [1.807, 2.05) is 57.2 Å². The van der Waals surface area contributed by atoms with Crippen molar-refractivity contribution in [3.8, 4) is 16.9 Å². The Balaban J connectivity index is 1.66. The van der Waals surface area contributed by atoms with Gasteiger partial charge >= 0.3 is 0 Å². The lowest BCUT2D eigenvalue weighted by Gasteiger charge is -2.28. The number of aliphatic hydroxyl groups is 1. The van der Waals surface area contributed by atoms with Crippen molar-refractivity contribution < 1.29 is 19.4 Å². The second kappa shape index (κ2) is 13.8. The molecule has 0 bridgehead atoms. The Morgan fingerprint density at radius 2 is 1.73 bits per heavy atom. The van der Waals surface area contributed by atoms with Gasteiger partial charge in [0.15, 0.2) is 0 Å². The molecule has 0 radical (unpaired) electrons. The van der Waals surface area contributed by atoms with Crippen LogP contribution in [0.4, 0.5) is 0 Å². The van der Waals surface area contributed by atoms with Gasteiger partial charge in [-0.15, -0.1) is 0 Å². The number of thiol groups is 1. The zero-order valence-corrected chi connectivity index (χ0v) is 22.7. The minimum absolute atomic E-state index is 0.0180. The number of benzene rings is 2. The van der Waals surface area contributed by atoms with Gasteiger partial charge in [-0.2, -0.15) is 12.6 Å². The standard InChI is InChI=1S/C28H40N4O4S/c1-4-36-22-11-9-19(10-12-22)18-5-7-20(8-6-18)27(34)32-24(15-17(2)3)28(35)31-23(25(29)37)16-21-13-14-30-26(21)33/h5-12,17,21,23-26,30,33,37H,4,13-16,29H2,1-3H3,(H,31,35)(H,32,34)/t21-,23-,24-,25?,26+/m0/s1. The van der Waals surface area contributed by atoms with Crippen molar-refractivity contribution in [3.05, 3.63) is 54.1 Å². The molecule has 2 amide bonds. The van der Waals surface area contributed by atoms with Crippen LogP contribution in [0.3, 0.4) is 0 Å². The van der Waals surface area contributed by atoms with Crippen molar-refractivity contribution in [3.63, 3.8) is 0 Å². The van der Waals surface area contributed by atoms with Gasteiger partial charge in [-0.3, -0.25) is 14.9 Å². The predicted molar refractivity (Wildman–Crippen MR) is 149 cm³/mol. The van der Waals surface area contributed by atoms with Crippen LogP contribution in [0.1, 0.15) is 50.4 Å². The van der Waals surface area contributed by atoms with Gasteiger partial charge in [0.25, 0.3) is 5.91 Å². The highest BCUT2D eigenvalue weighted by Gasteiger charge is 2.32. The number of aliphatic hydroxyl groups excluding tert-OH is 1. The zero-order chi connectivity index (χ0) is 26.9. The van der Waals surface area contributed by atoms with Gasteiger partial charge in [0.2, 0.25) is 5.91 Å². The van der Waals surface area contributed by atoms with E-state index in [9.17, 15) is 14.7 Å². The number of carbonyl (C=O) groups excluding carboxylic acids is 2. The van der Waals surface area contributed by atoms with Gasteiger partial charge in [-0.25, -0.2) is 0 Å². The Bertz CT molecular complexity index is 1010. The normalized spacial score (nSPS) is 19.8. The summed E-state index contributed by atoms with van der Waals surface area (Å²) in [6.45, 7) is 7.28. The first-order valence-corrected chi connectivity index (χ1v) is 13.5. The summed E-state index contributed by atoms with van der Waals surface area (Å²) in [6, 6.07) is 13.9. The fourth-order valence-corrected chi connectivity index (χ4v) is 4.75. The number of hydrogen-bond donors (Lipinski definition) is 6. The Morgan fingerprint density at radius 3 is 2.24 bits per heavy atom. The zero-order valence-electron chi connectivity index (χ0n) is 21.8. The van der Waals surface area contributed by atoms with Gasteiger partial charge < -0.3 is 26.2 Å². The smallest absolute Gasteiger partial charge is 0.251 e. The summed E-state index contributed by atoms with van der Waals surface area (Å²) in [4.78, 5) is 26.3. The van der Waals surface area contributed by atoms with Crippen LogP contribution in [0.5, 0.6) is 5.75 Å². The quantitative estimate of drug-likeness (QED) is 0.186. The molecular weight excluding hydrogens is 488 g/mol. The maximum Gasteiger partial charge on any atom is 0.251 e. The lowest BCUT2D eigenvalue weighted by molar-refractivity contribution is -0.124. The molecule has 6 N–H and O–H groups in total. The van der Waals surface area contributed by atoms with Gasteiger partial charge in [-0.05, 0) is 74.0 Å². The molecule has 1 unspecified atom stereocenters. The molecule has 8 nitrogen and oxygen atoms in total. The first-order chi connectivity index (χ1) is 17.7. The van der Waals surface area contributed by atoms with Crippen LogP contribution < -0.4 is 26.4 Å². The van der Waals surface area contributed by atoms with Gasteiger partial charge in [0.1, 0.15) is 18.0 Å². The Labute approximate surface area is 225 Å². The van der Waals surface area contributed by atoms with E-state index in [2.05, 4.69) is 28.6 Å². The van der Waals surface area contributed by atoms with E-state index in [1.165, 1.54) is 0 Å². The van der Waals surface area contributed by atoms with Crippen LogP contribution in [0, 0.1) is 11.8 Å². The van der Waals surface area contributed by atoms with Crippen LogP contribution in [0.25, 0.3) is 11.1 Å². The summed E-state index contributed by atoms with van der Waals surface area (Å²) in [7, 11) is 0. The van der Waals surface area contributed by atoms with Gasteiger partial charge in [0.05, 0.1) is 18.0 Å². The fraction of sp³-hybridized carbons (Fsp3) is 0.500. The fourth-order valence-electron chi connectivity index (χ4n) is 4.55. The molecule has 1 aliphatic rings. The topological polar surface area (TPSA) is 126 Å². The molecule has 9 heteroatoms. The maximum atomic E-state index is 13.2. The Hall–Kier alpha value is -2.59. The van der Waals surface area contributed by atoms with E-state index >= 15 is 0 Å². The first-order valence-electron chi connectivity index (χ1n) is 13.0. The number of ether oxygens (including phenoxy) is 1. The third kappa shape index (κ3) is 8.46. The molecule has 0 saturated carbocycles. The second-order valence-corrected chi connectivity index (χ2v) is 10.6. The minimum atomic E-state index is -0.723. The first kappa shape index (κ1) is 29.0. The second-order valence-electron chi connectivity index (χ2n) is 9.98. The van der Waals surface area contributed by atoms with Crippen molar-refractivity contribution >= 4 is 24.4 Å². The van der Waals surface area contributed by atoms with E-state index < -0.39 is 23.7 Å². The maximum absolute atomic E-state index is 13.2. The molecule has 2 aromatic rings. The van der Waals surface area contributed by atoms with Crippen LogP contribution >= 0.6 is 12.6 Å². The Kier molecular flexibility index (Phi) is 10.8. The Morgan fingerprint density at radius 1 is 1.11 bits per heavy atom. The molecule has 1 aliphatic heterocycles. The number of nitrogens with two attached hydrogens (primary N) is 1. The molecule has 5 atom stereocenters. The average molecular weight is 529 g/mol. The molecule has 1 heterocycles. The summed E-state index contributed by atoms with van der Waals surface area (Å²) in [6.07, 6.45) is 1.15. The molecule has 0 spiro atoms. The monoisotopic (exact) mass is 528 g/mol. The summed E-state index contributed by atoms with van der Waals surface area (Å²) in [5, 5.41) is 18.4. The van der Waals surface area contributed by atoms with Crippen molar-refractivity contribution in [1.29, 1.82) is 0 Å². The summed E-state index contributed by atoms with van der Waals surface area (Å²) < 4.78 is 5.49. The van der Waals surface area contributed by atoms with Gasteiger partial charge in [-0.1, -0.05) is 38.1 Å². The van der Waals surface area contributed by atoms with E-state index in [4.69, 9.17) is 10.5 Å². The van der Waals surface area contributed by atoms with Crippen molar-refractivity contribution in [2.75, 3.05) is 13.2 Å².